The summed E-state index contributed by atoms with van der Waals surface area (Å²) in [5.41, 5.74) is 0.590. The van der Waals surface area contributed by atoms with Gasteiger partial charge in [-0.2, -0.15) is 0 Å². The van der Waals surface area contributed by atoms with Gasteiger partial charge in [0.1, 0.15) is 0 Å². The van der Waals surface area contributed by atoms with Crippen LogP contribution in [0.1, 0.15) is 11.7 Å². The van der Waals surface area contributed by atoms with Gasteiger partial charge in [-0.05, 0) is 17.7 Å². The van der Waals surface area contributed by atoms with Crippen LogP contribution in [0.4, 0.5) is 0 Å². The average Bonchev–Trinajstić information content (AvgIpc) is 2.09. The van der Waals surface area contributed by atoms with Crippen molar-refractivity contribution >= 4 is 28.4 Å². The molecule has 1 aromatic carbocycles. The summed E-state index contributed by atoms with van der Waals surface area (Å²) in [6.07, 6.45) is -0.782. The molecular formula is C9H8Cl2O2. The molecule has 70 valence electrons. The molecule has 0 spiro atoms. The zero-order valence-electron chi connectivity index (χ0n) is 6.96. The van der Waals surface area contributed by atoms with Gasteiger partial charge in [0.05, 0.1) is 0 Å². The highest BCUT2D eigenvalue weighted by atomic mass is 35.5. The van der Waals surface area contributed by atoms with E-state index in [0.717, 1.165) is 0 Å². The molecular weight excluding hydrogens is 211 g/mol. The number of carbonyl (C=O) groups excluding carboxylic acids is 1. The molecule has 1 atom stereocenters. The maximum absolute atomic E-state index is 10.9. The third kappa shape index (κ3) is 2.44. The number of halogens is 2. The van der Waals surface area contributed by atoms with Crippen LogP contribution in [-0.2, 0) is 9.53 Å². The second-order valence-corrected chi connectivity index (χ2v) is 3.22. The van der Waals surface area contributed by atoms with Gasteiger partial charge in [0.25, 0.3) is 5.24 Å². The highest BCUT2D eigenvalue weighted by molar-refractivity contribution is 6.64. The Bertz CT molecular complexity index is 312. The monoisotopic (exact) mass is 218 g/mol. The van der Waals surface area contributed by atoms with Crippen molar-refractivity contribution in [1.29, 1.82) is 0 Å². The van der Waals surface area contributed by atoms with Crippen molar-refractivity contribution in [1.82, 2.24) is 0 Å². The Morgan fingerprint density at radius 2 is 2.08 bits per heavy atom. The van der Waals surface area contributed by atoms with E-state index in [-0.39, 0.29) is 0 Å². The maximum Gasteiger partial charge on any atom is 0.255 e. The first-order valence-electron chi connectivity index (χ1n) is 3.63. The average molecular weight is 219 g/mol. The summed E-state index contributed by atoms with van der Waals surface area (Å²) in [6, 6.07) is 6.93. The van der Waals surface area contributed by atoms with Gasteiger partial charge in [0, 0.05) is 17.7 Å². The number of methoxy groups -OCH3 is 1. The Hall–Kier alpha value is -0.570. The molecule has 0 aliphatic rings. The minimum atomic E-state index is -0.782. The fourth-order valence-corrected chi connectivity index (χ4v) is 1.47. The third-order valence-corrected chi connectivity index (χ3v) is 2.17. The first kappa shape index (κ1) is 10.5. The fraction of sp³-hybridized carbons (Fsp3) is 0.222. The van der Waals surface area contributed by atoms with Crippen molar-refractivity contribution in [2.75, 3.05) is 7.11 Å². The van der Waals surface area contributed by atoms with Crippen LogP contribution in [0.25, 0.3) is 0 Å². The molecule has 0 saturated heterocycles. The zero-order chi connectivity index (χ0) is 9.84. The van der Waals surface area contributed by atoms with Crippen molar-refractivity contribution in [3.63, 3.8) is 0 Å². The Morgan fingerprint density at radius 3 is 2.54 bits per heavy atom. The van der Waals surface area contributed by atoms with Crippen LogP contribution < -0.4 is 0 Å². The van der Waals surface area contributed by atoms with Gasteiger partial charge in [-0.15, -0.1) is 0 Å². The Labute approximate surface area is 86.4 Å². The van der Waals surface area contributed by atoms with Crippen molar-refractivity contribution in [2.24, 2.45) is 0 Å². The second kappa shape index (κ2) is 4.61. The van der Waals surface area contributed by atoms with E-state index in [1.807, 2.05) is 0 Å². The van der Waals surface area contributed by atoms with Crippen molar-refractivity contribution < 1.29 is 9.53 Å². The summed E-state index contributed by atoms with van der Waals surface area (Å²) in [4.78, 5) is 10.9. The van der Waals surface area contributed by atoms with E-state index in [1.165, 1.54) is 7.11 Å². The highest BCUT2D eigenvalue weighted by Gasteiger charge is 2.19. The van der Waals surface area contributed by atoms with Gasteiger partial charge in [0.15, 0.2) is 6.10 Å². The fourth-order valence-electron chi connectivity index (χ4n) is 1.03. The molecule has 0 amide bonds. The van der Waals surface area contributed by atoms with Gasteiger partial charge in [-0.3, -0.25) is 4.79 Å². The summed E-state index contributed by atoms with van der Waals surface area (Å²) in [5.74, 6) is 0. The second-order valence-electron chi connectivity index (χ2n) is 2.44. The number of benzene rings is 1. The van der Waals surface area contributed by atoms with Crippen LogP contribution in [-0.4, -0.2) is 12.4 Å². The predicted molar refractivity (Wildman–Crippen MR) is 52.1 cm³/mol. The molecule has 2 nitrogen and oxygen atoms in total. The molecule has 0 aliphatic heterocycles. The van der Waals surface area contributed by atoms with E-state index < -0.39 is 11.3 Å². The smallest absolute Gasteiger partial charge is 0.255 e. The summed E-state index contributed by atoms with van der Waals surface area (Å²) in [5, 5.41) is -0.0982. The van der Waals surface area contributed by atoms with Gasteiger partial charge in [-0.25, -0.2) is 0 Å². The van der Waals surface area contributed by atoms with Crippen LogP contribution in [0.3, 0.4) is 0 Å². The quantitative estimate of drug-likeness (QED) is 0.730. The molecule has 0 fully saturated rings. The molecule has 0 aliphatic carbocycles. The molecule has 0 radical (unpaired) electrons. The van der Waals surface area contributed by atoms with Gasteiger partial charge in [0.2, 0.25) is 0 Å². The lowest BCUT2D eigenvalue weighted by Gasteiger charge is -2.11. The largest absolute Gasteiger partial charge is 0.367 e. The van der Waals surface area contributed by atoms with Gasteiger partial charge in [-0.1, -0.05) is 29.8 Å². The molecule has 1 rings (SSSR count). The summed E-state index contributed by atoms with van der Waals surface area (Å²) < 4.78 is 4.91. The first-order valence-corrected chi connectivity index (χ1v) is 4.39. The Morgan fingerprint density at radius 1 is 1.46 bits per heavy atom. The molecule has 1 aromatic rings. The highest BCUT2D eigenvalue weighted by Crippen LogP contribution is 2.26. The number of hydrogen-bond donors (Lipinski definition) is 0. The zero-order valence-corrected chi connectivity index (χ0v) is 8.47. The van der Waals surface area contributed by atoms with E-state index in [4.69, 9.17) is 27.9 Å². The van der Waals surface area contributed by atoms with Crippen LogP contribution in [0, 0.1) is 0 Å². The van der Waals surface area contributed by atoms with Crippen molar-refractivity contribution in [2.45, 2.75) is 6.10 Å². The van der Waals surface area contributed by atoms with Crippen LogP contribution >= 0.6 is 23.2 Å². The summed E-state index contributed by atoms with van der Waals surface area (Å²) >= 11 is 11.2. The number of carbonyl (C=O) groups is 1. The molecule has 4 heteroatoms. The van der Waals surface area contributed by atoms with Crippen molar-refractivity contribution in [3.05, 3.63) is 34.9 Å². The summed E-state index contributed by atoms with van der Waals surface area (Å²) in [6.45, 7) is 0. The SMILES string of the molecule is COC(C(=O)Cl)c1ccccc1Cl. The van der Waals surface area contributed by atoms with Gasteiger partial charge < -0.3 is 4.74 Å². The predicted octanol–water partition coefficient (Wildman–Crippen LogP) is 2.79. The van der Waals surface area contributed by atoms with E-state index >= 15 is 0 Å². The third-order valence-electron chi connectivity index (χ3n) is 1.63. The van der Waals surface area contributed by atoms with Crippen molar-refractivity contribution in [3.8, 4) is 0 Å². The number of rotatable bonds is 3. The molecule has 1 unspecified atom stereocenters. The standard InChI is InChI=1S/C9H8Cl2O2/c1-13-8(9(11)12)6-4-2-3-5-7(6)10/h2-5,8H,1H3. The Balaban J connectivity index is 3.04. The molecule has 0 aromatic heterocycles. The molecule has 0 N–H and O–H groups in total. The minimum absolute atomic E-state index is 0.475. The van der Waals surface area contributed by atoms with Crippen LogP contribution in [0.5, 0.6) is 0 Å². The Kier molecular flexibility index (Phi) is 3.72. The van der Waals surface area contributed by atoms with E-state index in [1.54, 1.807) is 24.3 Å². The summed E-state index contributed by atoms with van der Waals surface area (Å²) in [7, 11) is 1.41. The van der Waals surface area contributed by atoms with Crippen LogP contribution in [0.15, 0.2) is 24.3 Å². The lowest BCUT2D eigenvalue weighted by atomic mass is 10.1. The van der Waals surface area contributed by atoms with Gasteiger partial charge >= 0.3 is 0 Å². The minimum Gasteiger partial charge on any atom is -0.367 e. The van der Waals surface area contributed by atoms with E-state index in [9.17, 15) is 4.79 Å². The number of hydrogen-bond acceptors (Lipinski definition) is 2. The topological polar surface area (TPSA) is 26.3 Å². The normalized spacial score (nSPS) is 12.5. The number of ether oxygens (including phenoxy) is 1. The van der Waals surface area contributed by atoms with E-state index in [2.05, 4.69) is 0 Å². The van der Waals surface area contributed by atoms with Crippen LogP contribution in [0.2, 0.25) is 5.02 Å². The molecule has 0 bridgehead atoms. The van der Waals surface area contributed by atoms with E-state index in [0.29, 0.717) is 10.6 Å². The maximum atomic E-state index is 10.9. The lowest BCUT2D eigenvalue weighted by molar-refractivity contribution is -0.121. The molecule has 0 heterocycles. The lowest BCUT2D eigenvalue weighted by Crippen LogP contribution is -2.09. The molecule has 0 saturated carbocycles. The molecule has 13 heavy (non-hydrogen) atoms. The first-order chi connectivity index (χ1) is 6.16.